The van der Waals surface area contributed by atoms with Crippen LogP contribution in [-0.4, -0.2) is 23.3 Å². The molecule has 6 heteroatoms. The summed E-state index contributed by atoms with van der Waals surface area (Å²) < 4.78 is 40.3. The van der Waals surface area contributed by atoms with Crippen LogP contribution in [0.2, 0.25) is 0 Å². The highest BCUT2D eigenvalue weighted by Crippen LogP contribution is 2.13. The third kappa shape index (κ3) is 3.48. The first kappa shape index (κ1) is 11.3. The highest BCUT2D eigenvalue weighted by atomic mass is 19.3. The quantitative estimate of drug-likeness (QED) is 0.597. The van der Waals surface area contributed by atoms with Crippen LogP contribution in [0.25, 0.3) is 0 Å². The molecule has 1 N–H and O–H groups in total. The van der Waals surface area contributed by atoms with Crippen molar-refractivity contribution in [3.63, 3.8) is 0 Å². The predicted molar refractivity (Wildman–Crippen MR) is 44.8 cm³/mol. The number of nitrogens with zero attached hydrogens (tertiary/aromatic N) is 1. The Bertz CT molecular complexity index is 398. The number of aromatic nitrogens is 1. The van der Waals surface area contributed by atoms with Crippen molar-refractivity contribution in [1.29, 1.82) is 0 Å². The molecule has 0 aliphatic rings. The van der Waals surface area contributed by atoms with Gasteiger partial charge in [0.2, 0.25) is 11.8 Å². The number of hydrogen-bond donors (Lipinski definition) is 1. The molecule has 1 aromatic heterocycles. The molecule has 0 aromatic carbocycles. The maximum absolute atomic E-state index is 13.0. The third-order valence-corrected chi connectivity index (χ3v) is 1.34. The van der Waals surface area contributed by atoms with E-state index in [2.05, 4.69) is 21.6 Å². The molecule has 0 amide bonds. The lowest BCUT2D eigenvalue weighted by Crippen LogP contribution is -2.04. The van der Waals surface area contributed by atoms with E-state index < -0.39 is 25.0 Å². The van der Waals surface area contributed by atoms with Gasteiger partial charge in [-0.25, -0.2) is 0 Å². The SMILES string of the molecule is OCC#Cc1ccc(OC(F)F)nc1F. The second-order valence-corrected chi connectivity index (χ2v) is 2.33. The molecule has 0 aliphatic heterocycles. The van der Waals surface area contributed by atoms with Crippen LogP contribution in [-0.2, 0) is 0 Å². The molecule has 0 atom stereocenters. The van der Waals surface area contributed by atoms with Crippen molar-refractivity contribution >= 4 is 0 Å². The van der Waals surface area contributed by atoms with Gasteiger partial charge < -0.3 is 9.84 Å². The summed E-state index contributed by atoms with van der Waals surface area (Å²) in [6.07, 6.45) is 0. The Balaban J connectivity index is 2.88. The lowest BCUT2D eigenvalue weighted by molar-refractivity contribution is -0.0532. The van der Waals surface area contributed by atoms with E-state index in [0.717, 1.165) is 12.1 Å². The monoisotopic (exact) mass is 217 g/mol. The minimum atomic E-state index is -3.05. The van der Waals surface area contributed by atoms with Crippen LogP contribution in [0.4, 0.5) is 13.2 Å². The zero-order valence-corrected chi connectivity index (χ0v) is 7.38. The molecule has 80 valence electrons. The number of hydrogen-bond acceptors (Lipinski definition) is 3. The lowest BCUT2D eigenvalue weighted by Gasteiger charge is -2.02. The Hall–Kier alpha value is -1.74. The lowest BCUT2D eigenvalue weighted by atomic mass is 10.3. The largest absolute Gasteiger partial charge is 0.417 e. The van der Waals surface area contributed by atoms with Crippen LogP contribution in [0.3, 0.4) is 0 Å². The Morgan fingerprint density at radius 2 is 2.20 bits per heavy atom. The molecule has 0 spiro atoms. The van der Waals surface area contributed by atoms with E-state index in [0.29, 0.717) is 0 Å². The fourth-order valence-electron chi connectivity index (χ4n) is 0.803. The molecule has 0 aliphatic carbocycles. The van der Waals surface area contributed by atoms with E-state index in [-0.39, 0.29) is 5.56 Å². The van der Waals surface area contributed by atoms with Gasteiger partial charge >= 0.3 is 6.61 Å². The molecule has 3 nitrogen and oxygen atoms in total. The van der Waals surface area contributed by atoms with Crippen LogP contribution in [0, 0.1) is 17.8 Å². The summed E-state index contributed by atoms with van der Waals surface area (Å²) in [6, 6.07) is 2.21. The van der Waals surface area contributed by atoms with Crippen molar-refractivity contribution in [2.75, 3.05) is 6.61 Å². The highest BCUT2D eigenvalue weighted by Gasteiger charge is 2.08. The Labute approximate surface area is 83.5 Å². The second-order valence-electron chi connectivity index (χ2n) is 2.33. The molecule has 15 heavy (non-hydrogen) atoms. The first-order valence-electron chi connectivity index (χ1n) is 3.84. The third-order valence-electron chi connectivity index (χ3n) is 1.34. The van der Waals surface area contributed by atoms with Crippen LogP contribution < -0.4 is 4.74 Å². The van der Waals surface area contributed by atoms with Gasteiger partial charge in [-0.1, -0.05) is 11.8 Å². The summed E-state index contributed by atoms with van der Waals surface area (Å²) in [5, 5.41) is 8.35. The fourth-order valence-corrected chi connectivity index (χ4v) is 0.803. The average Bonchev–Trinajstić information content (AvgIpc) is 2.15. The number of rotatable bonds is 2. The average molecular weight is 217 g/mol. The molecular weight excluding hydrogens is 211 g/mol. The molecule has 1 aromatic rings. The Kier molecular flexibility index (Phi) is 3.94. The van der Waals surface area contributed by atoms with Crippen molar-refractivity contribution in [2.24, 2.45) is 0 Å². The molecule has 0 fully saturated rings. The van der Waals surface area contributed by atoms with Crippen molar-refractivity contribution in [2.45, 2.75) is 6.61 Å². The number of aliphatic hydroxyl groups is 1. The standard InChI is InChI=1S/C9H6F3NO2/c10-8-6(2-1-5-14)3-4-7(13-8)15-9(11)12/h3-4,9,14H,5H2. The molecule has 0 saturated carbocycles. The summed E-state index contributed by atoms with van der Waals surface area (Å²) in [5.74, 6) is 2.93. The van der Waals surface area contributed by atoms with Gasteiger partial charge in [0.25, 0.3) is 0 Å². The zero-order chi connectivity index (χ0) is 11.3. The topological polar surface area (TPSA) is 42.4 Å². The van der Waals surface area contributed by atoms with Gasteiger partial charge in [0.1, 0.15) is 6.61 Å². The van der Waals surface area contributed by atoms with E-state index in [1.807, 2.05) is 0 Å². The van der Waals surface area contributed by atoms with Gasteiger partial charge in [0.15, 0.2) is 0 Å². The maximum atomic E-state index is 13.0. The van der Waals surface area contributed by atoms with Gasteiger partial charge in [-0.15, -0.1) is 0 Å². The molecule has 0 radical (unpaired) electrons. The normalized spacial score (nSPS) is 9.67. The van der Waals surface area contributed by atoms with E-state index in [1.165, 1.54) is 0 Å². The number of aliphatic hydroxyl groups excluding tert-OH is 1. The molecule has 1 rings (SSSR count). The van der Waals surface area contributed by atoms with E-state index in [9.17, 15) is 13.2 Å². The minimum Gasteiger partial charge on any atom is -0.417 e. The predicted octanol–water partition coefficient (Wildman–Crippen LogP) is 1.17. The summed E-state index contributed by atoms with van der Waals surface area (Å²) >= 11 is 0. The van der Waals surface area contributed by atoms with Crippen LogP contribution >= 0.6 is 0 Å². The second kappa shape index (κ2) is 5.22. The maximum Gasteiger partial charge on any atom is 0.388 e. The highest BCUT2D eigenvalue weighted by molar-refractivity contribution is 5.34. The number of alkyl halides is 2. The Morgan fingerprint density at radius 1 is 1.47 bits per heavy atom. The van der Waals surface area contributed by atoms with Crippen LogP contribution in [0.1, 0.15) is 5.56 Å². The summed E-state index contributed by atoms with van der Waals surface area (Å²) in [6.45, 7) is -3.47. The number of halogens is 3. The van der Waals surface area contributed by atoms with Gasteiger partial charge in [-0.2, -0.15) is 18.2 Å². The first-order valence-corrected chi connectivity index (χ1v) is 3.84. The van der Waals surface area contributed by atoms with Gasteiger partial charge in [0, 0.05) is 6.07 Å². The fraction of sp³-hybridized carbons (Fsp3) is 0.222. The van der Waals surface area contributed by atoms with E-state index in [4.69, 9.17) is 5.11 Å². The van der Waals surface area contributed by atoms with Crippen LogP contribution in [0.15, 0.2) is 12.1 Å². The number of pyridine rings is 1. The van der Waals surface area contributed by atoms with Gasteiger partial charge in [0.05, 0.1) is 5.56 Å². The minimum absolute atomic E-state index is 0.0920. The zero-order valence-electron chi connectivity index (χ0n) is 7.38. The first-order chi connectivity index (χ1) is 7.13. The molecular formula is C9H6F3NO2. The summed E-state index contributed by atoms with van der Waals surface area (Å²) in [5.41, 5.74) is -0.0920. The van der Waals surface area contributed by atoms with Crippen molar-refractivity contribution < 1.29 is 23.0 Å². The molecule has 0 saturated heterocycles. The van der Waals surface area contributed by atoms with E-state index >= 15 is 0 Å². The number of ether oxygens (including phenoxy) is 1. The smallest absolute Gasteiger partial charge is 0.388 e. The van der Waals surface area contributed by atoms with Crippen molar-refractivity contribution in [3.05, 3.63) is 23.6 Å². The molecule has 0 unspecified atom stereocenters. The molecule has 1 heterocycles. The van der Waals surface area contributed by atoms with Gasteiger partial charge in [-0.05, 0) is 6.07 Å². The van der Waals surface area contributed by atoms with E-state index in [1.54, 1.807) is 0 Å². The van der Waals surface area contributed by atoms with Crippen molar-refractivity contribution in [1.82, 2.24) is 4.98 Å². The molecule has 0 bridgehead atoms. The summed E-state index contributed by atoms with van der Waals surface area (Å²) in [7, 11) is 0. The Morgan fingerprint density at radius 3 is 2.73 bits per heavy atom. The summed E-state index contributed by atoms with van der Waals surface area (Å²) in [4.78, 5) is 3.11. The van der Waals surface area contributed by atoms with Crippen LogP contribution in [0.5, 0.6) is 5.88 Å². The van der Waals surface area contributed by atoms with Gasteiger partial charge in [-0.3, -0.25) is 0 Å². The van der Waals surface area contributed by atoms with Crippen molar-refractivity contribution in [3.8, 4) is 17.7 Å².